The molecule has 6 nitrogen and oxygen atoms in total. The largest absolute Gasteiger partial charge is 0.336 e. The third-order valence-corrected chi connectivity index (χ3v) is 3.60. The number of carbonyl (C=O) groups excluding carboxylic acids is 1. The van der Waals surface area contributed by atoms with Gasteiger partial charge in [0.15, 0.2) is 0 Å². The Morgan fingerprint density at radius 2 is 1.74 bits per heavy atom. The van der Waals surface area contributed by atoms with E-state index in [0.717, 1.165) is 16.6 Å². The number of amides is 2. The highest BCUT2D eigenvalue weighted by molar-refractivity contribution is 5.75. The summed E-state index contributed by atoms with van der Waals surface area (Å²) in [6, 6.07) is 16.9. The topological polar surface area (TPSA) is 78.9 Å². The molecule has 6 heteroatoms. The van der Waals surface area contributed by atoms with Crippen molar-refractivity contribution in [3.63, 3.8) is 0 Å². The zero-order valence-corrected chi connectivity index (χ0v) is 12.6. The van der Waals surface area contributed by atoms with E-state index in [2.05, 4.69) is 15.6 Å². The molecule has 0 unspecified atom stereocenters. The molecule has 3 aromatic rings. The summed E-state index contributed by atoms with van der Waals surface area (Å²) in [4.78, 5) is 26.5. The number of nitrogens with one attached hydrogen (secondary N) is 3. The number of urea groups is 1. The van der Waals surface area contributed by atoms with Crippen LogP contribution >= 0.6 is 0 Å². The van der Waals surface area contributed by atoms with Crippen LogP contribution in [0.1, 0.15) is 5.56 Å². The number of benzene rings is 2. The Labute approximate surface area is 133 Å². The Bertz CT molecular complexity index is 852. The number of imidazole rings is 1. The number of nitrogens with zero attached hydrogens (tertiary/aromatic N) is 1. The number of aromatic amines is 1. The van der Waals surface area contributed by atoms with Gasteiger partial charge in [0.2, 0.25) is 0 Å². The number of carbonyl (C=O) groups is 1. The summed E-state index contributed by atoms with van der Waals surface area (Å²) in [7, 11) is 0. The second-order valence-electron chi connectivity index (χ2n) is 5.19. The van der Waals surface area contributed by atoms with Gasteiger partial charge in [0.1, 0.15) is 0 Å². The van der Waals surface area contributed by atoms with Gasteiger partial charge in [-0.15, -0.1) is 0 Å². The van der Waals surface area contributed by atoms with Crippen molar-refractivity contribution >= 4 is 17.1 Å². The van der Waals surface area contributed by atoms with Gasteiger partial charge in [-0.3, -0.25) is 4.57 Å². The number of para-hydroxylation sites is 2. The molecule has 3 N–H and O–H groups in total. The summed E-state index contributed by atoms with van der Waals surface area (Å²) < 4.78 is 1.62. The minimum absolute atomic E-state index is 0.169. The van der Waals surface area contributed by atoms with Gasteiger partial charge in [-0.25, -0.2) is 9.59 Å². The Morgan fingerprint density at radius 3 is 2.57 bits per heavy atom. The van der Waals surface area contributed by atoms with Crippen LogP contribution in [0.15, 0.2) is 59.4 Å². The molecule has 0 saturated carbocycles. The predicted molar refractivity (Wildman–Crippen MR) is 89.2 cm³/mol. The number of hydrogen-bond acceptors (Lipinski definition) is 2. The minimum atomic E-state index is -0.248. The summed E-state index contributed by atoms with van der Waals surface area (Å²) >= 11 is 0. The third kappa shape index (κ3) is 3.60. The van der Waals surface area contributed by atoms with Crippen molar-refractivity contribution in [3.05, 3.63) is 70.6 Å². The summed E-state index contributed by atoms with van der Waals surface area (Å²) in [5, 5.41) is 5.55. The molecule has 0 aliphatic rings. The first-order valence-electron chi connectivity index (χ1n) is 7.47. The summed E-state index contributed by atoms with van der Waals surface area (Å²) in [6.07, 6.45) is 0. The van der Waals surface area contributed by atoms with Crippen molar-refractivity contribution < 1.29 is 4.79 Å². The average molecular weight is 310 g/mol. The first-order valence-corrected chi connectivity index (χ1v) is 7.47. The summed E-state index contributed by atoms with van der Waals surface area (Å²) in [5.41, 5.74) is 2.50. The van der Waals surface area contributed by atoms with E-state index < -0.39 is 0 Å². The molecule has 2 aromatic carbocycles. The maximum Gasteiger partial charge on any atom is 0.326 e. The smallest absolute Gasteiger partial charge is 0.326 e. The van der Waals surface area contributed by atoms with Gasteiger partial charge in [0, 0.05) is 19.6 Å². The van der Waals surface area contributed by atoms with E-state index in [9.17, 15) is 9.59 Å². The number of aromatic nitrogens is 2. The van der Waals surface area contributed by atoms with E-state index in [4.69, 9.17) is 0 Å². The Kier molecular flexibility index (Phi) is 4.42. The molecule has 118 valence electrons. The fourth-order valence-corrected chi connectivity index (χ4v) is 2.45. The van der Waals surface area contributed by atoms with Gasteiger partial charge in [0.25, 0.3) is 0 Å². The molecule has 0 atom stereocenters. The van der Waals surface area contributed by atoms with Crippen LogP contribution in [0.3, 0.4) is 0 Å². The Hall–Kier alpha value is -3.02. The van der Waals surface area contributed by atoms with E-state index in [1.54, 1.807) is 4.57 Å². The van der Waals surface area contributed by atoms with Gasteiger partial charge < -0.3 is 15.6 Å². The highest BCUT2D eigenvalue weighted by Crippen LogP contribution is 2.08. The zero-order valence-electron chi connectivity index (χ0n) is 12.6. The molecule has 1 aromatic heterocycles. The number of fused-ring (bicyclic) bond motifs is 1. The predicted octanol–water partition coefficient (Wildman–Crippen LogP) is 1.83. The van der Waals surface area contributed by atoms with Gasteiger partial charge in [0.05, 0.1) is 11.0 Å². The fourth-order valence-electron chi connectivity index (χ4n) is 2.45. The van der Waals surface area contributed by atoms with E-state index in [-0.39, 0.29) is 11.7 Å². The average Bonchev–Trinajstić information content (AvgIpc) is 2.90. The highest BCUT2D eigenvalue weighted by Gasteiger charge is 2.06. The maximum atomic E-state index is 11.9. The molecule has 0 aliphatic heterocycles. The van der Waals surface area contributed by atoms with Gasteiger partial charge >= 0.3 is 11.7 Å². The van der Waals surface area contributed by atoms with Crippen molar-refractivity contribution in [3.8, 4) is 0 Å². The zero-order chi connectivity index (χ0) is 16.1. The molecule has 2 amide bonds. The maximum absolute atomic E-state index is 11.9. The van der Waals surface area contributed by atoms with E-state index in [0.29, 0.717) is 19.6 Å². The normalized spacial score (nSPS) is 10.6. The molecule has 0 radical (unpaired) electrons. The summed E-state index contributed by atoms with van der Waals surface area (Å²) in [5.74, 6) is 0. The number of hydrogen-bond donors (Lipinski definition) is 3. The lowest BCUT2D eigenvalue weighted by Gasteiger charge is -2.08. The van der Waals surface area contributed by atoms with Crippen LogP contribution in [-0.2, 0) is 13.1 Å². The molecule has 23 heavy (non-hydrogen) atoms. The van der Waals surface area contributed by atoms with Crippen LogP contribution in [0.5, 0.6) is 0 Å². The monoisotopic (exact) mass is 310 g/mol. The lowest BCUT2D eigenvalue weighted by atomic mass is 10.2. The summed E-state index contributed by atoms with van der Waals surface area (Å²) in [6.45, 7) is 1.27. The molecule has 0 saturated heterocycles. The van der Waals surface area contributed by atoms with Crippen LogP contribution in [0.25, 0.3) is 11.0 Å². The molecule has 3 rings (SSSR count). The van der Waals surface area contributed by atoms with Gasteiger partial charge in [-0.05, 0) is 17.7 Å². The van der Waals surface area contributed by atoms with Gasteiger partial charge in [-0.1, -0.05) is 42.5 Å². The highest BCUT2D eigenvalue weighted by atomic mass is 16.2. The van der Waals surface area contributed by atoms with Crippen molar-refractivity contribution in [1.82, 2.24) is 20.2 Å². The first-order chi connectivity index (χ1) is 11.2. The Balaban J connectivity index is 1.51. The van der Waals surface area contributed by atoms with Crippen LogP contribution in [0, 0.1) is 0 Å². The van der Waals surface area contributed by atoms with E-state index >= 15 is 0 Å². The number of H-pyrrole nitrogens is 1. The quantitative estimate of drug-likeness (QED) is 0.672. The van der Waals surface area contributed by atoms with Crippen molar-refractivity contribution in [2.24, 2.45) is 0 Å². The number of rotatable bonds is 5. The van der Waals surface area contributed by atoms with E-state index in [1.165, 1.54) is 0 Å². The van der Waals surface area contributed by atoms with Gasteiger partial charge in [-0.2, -0.15) is 0 Å². The van der Waals surface area contributed by atoms with Crippen molar-refractivity contribution in [1.29, 1.82) is 0 Å². The molecular formula is C17H18N4O2. The van der Waals surface area contributed by atoms with Crippen LogP contribution in [0.2, 0.25) is 0 Å². The second-order valence-corrected chi connectivity index (χ2v) is 5.19. The molecular weight excluding hydrogens is 292 g/mol. The standard InChI is InChI=1S/C17H18N4O2/c22-16(19-12-13-6-2-1-3-7-13)18-10-11-21-15-9-5-4-8-14(15)20-17(21)23/h1-9H,10-12H2,(H,20,23)(H2,18,19,22). The van der Waals surface area contributed by atoms with Crippen LogP contribution < -0.4 is 16.3 Å². The lowest BCUT2D eigenvalue weighted by Crippen LogP contribution is -2.37. The lowest BCUT2D eigenvalue weighted by molar-refractivity contribution is 0.240. The molecule has 0 spiro atoms. The SMILES string of the molecule is O=C(NCCn1c(=O)[nH]c2ccccc21)NCc1ccccc1. The second kappa shape index (κ2) is 6.83. The van der Waals surface area contributed by atoms with Crippen LogP contribution in [-0.4, -0.2) is 22.1 Å². The third-order valence-electron chi connectivity index (χ3n) is 3.60. The molecule has 0 fully saturated rings. The van der Waals surface area contributed by atoms with E-state index in [1.807, 2.05) is 54.6 Å². The Morgan fingerprint density at radius 1 is 1.00 bits per heavy atom. The molecule has 0 bridgehead atoms. The van der Waals surface area contributed by atoms with Crippen molar-refractivity contribution in [2.45, 2.75) is 13.1 Å². The van der Waals surface area contributed by atoms with Crippen molar-refractivity contribution in [2.75, 3.05) is 6.54 Å². The fraction of sp³-hybridized carbons (Fsp3) is 0.176. The van der Waals surface area contributed by atoms with Crippen LogP contribution in [0.4, 0.5) is 4.79 Å². The molecule has 0 aliphatic carbocycles. The minimum Gasteiger partial charge on any atom is -0.336 e. The molecule has 1 heterocycles. The first kappa shape index (κ1) is 14.9.